The zero-order valence-electron chi connectivity index (χ0n) is 10.0. The van der Waals surface area contributed by atoms with Crippen molar-refractivity contribution in [1.29, 1.82) is 10.5 Å². The molecule has 0 radical (unpaired) electrons. The molecule has 0 aliphatic carbocycles. The molecule has 0 fully saturated rings. The van der Waals surface area contributed by atoms with Crippen molar-refractivity contribution in [3.8, 4) is 12.1 Å². The Bertz CT molecular complexity index is 404. The summed E-state index contributed by atoms with van der Waals surface area (Å²) >= 11 is 0. The molecule has 0 saturated carbocycles. The van der Waals surface area contributed by atoms with Gasteiger partial charge in [0.05, 0.1) is 12.1 Å². The van der Waals surface area contributed by atoms with Gasteiger partial charge in [0.2, 0.25) is 0 Å². The summed E-state index contributed by atoms with van der Waals surface area (Å²) in [4.78, 5) is 0. The average Bonchev–Trinajstić information content (AvgIpc) is 2.25. The van der Waals surface area contributed by atoms with Gasteiger partial charge in [0.25, 0.3) is 0 Å². The lowest BCUT2D eigenvalue weighted by atomic mass is 9.70. The Morgan fingerprint density at radius 1 is 1.05 bits per heavy atom. The monoisotopic (exact) mass is 284 g/mol. The summed E-state index contributed by atoms with van der Waals surface area (Å²) in [5.41, 5.74) is -4.58. The fourth-order valence-electron chi connectivity index (χ4n) is 1.58. The standard InChI is InChI=1S/C11H10F6N2/c1-3-7(2)4-9(10(12,13)14,11(15,16)17)8(5-18)6-19/h3,8H,4H2,1-2H3/b7-3+. The SMILES string of the molecule is C/C=C(\C)CC(C(C#N)C#N)(C(F)(F)F)C(F)(F)F. The highest BCUT2D eigenvalue weighted by Crippen LogP contribution is 2.58. The van der Waals surface area contributed by atoms with Crippen LogP contribution in [0.1, 0.15) is 20.3 Å². The van der Waals surface area contributed by atoms with E-state index in [1.54, 1.807) is 0 Å². The fraction of sp³-hybridized carbons (Fsp3) is 0.636. The minimum Gasteiger partial charge on any atom is -0.197 e. The number of hydrogen-bond donors (Lipinski definition) is 0. The molecule has 0 aliphatic rings. The molecular formula is C11H10F6N2. The Morgan fingerprint density at radius 2 is 1.42 bits per heavy atom. The lowest BCUT2D eigenvalue weighted by molar-refractivity contribution is -0.347. The van der Waals surface area contributed by atoms with Crippen molar-refractivity contribution < 1.29 is 26.3 Å². The van der Waals surface area contributed by atoms with Gasteiger partial charge in [-0.15, -0.1) is 0 Å². The van der Waals surface area contributed by atoms with E-state index >= 15 is 0 Å². The van der Waals surface area contributed by atoms with E-state index in [0.29, 0.717) is 0 Å². The van der Waals surface area contributed by atoms with Crippen LogP contribution in [0.5, 0.6) is 0 Å². The van der Waals surface area contributed by atoms with Crippen LogP contribution >= 0.6 is 0 Å². The van der Waals surface area contributed by atoms with Crippen LogP contribution in [-0.2, 0) is 0 Å². The number of alkyl halides is 6. The van der Waals surface area contributed by atoms with Crippen LogP contribution in [-0.4, -0.2) is 12.4 Å². The van der Waals surface area contributed by atoms with Crippen molar-refractivity contribution >= 4 is 0 Å². The van der Waals surface area contributed by atoms with E-state index in [4.69, 9.17) is 10.5 Å². The van der Waals surface area contributed by atoms with Crippen LogP contribution < -0.4 is 0 Å². The third-order valence-electron chi connectivity index (χ3n) is 2.81. The first-order valence-corrected chi connectivity index (χ1v) is 5.02. The normalized spacial score (nSPS) is 14.2. The zero-order valence-corrected chi connectivity index (χ0v) is 10.0. The summed E-state index contributed by atoms with van der Waals surface area (Å²) in [6.07, 6.45) is -11.9. The van der Waals surface area contributed by atoms with E-state index in [1.165, 1.54) is 6.92 Å². The molecule has 0 atom stereocenters. The summed E-state index contributed by atoms with van der Waals surface area (Å²) in [6.45, 7) is 2.36. The van der Waals surface area contributed by atoms with Crippen molar-refractivity contribution in [2.24, 2.45) is 11.3 Å². The first kappa shape index (κ1) is 17.3. The molecule has 0 amide bonds. The first-order valence-electron chi connectivity index (χ1n) is 5.02. The van der Waals surface area contributed by atoms with E-state index < -0.39 is 30.1 Å². The third-order valence-corrected chi connectivity index (χ3v) is 2.81. The maximum Gasteiger partial charge on any atom is 0.405 e. The maximum atomic E-state index is 12.9. The smallest absolute Gasteiger partial charge is 0.197 e. The maximum absolute atomic E-state index is 12.9. The molecule has 0 aromatic rings. The van der Waals surface area contributed by atoms with E-state index in [9.17, 15) is 26.3 Å². The predicted molar refractivity (Wildman–Crippen MR) is 53.3 cm³/mol. The number of nitrogens with zero attached hydrogens (tertiary/aromatic N) is 2. The number of allylic oxidation sites excluding steroid dienone is 2. The zero-order chi connectivity index (χ0) is 15.5. The van der Waals surface area contributed by atoms with Crippen molar-refractivity contribution in [1.82, 2.24) is 0 Å². The van der Waals surface area contributed by atoms with Gasteiger partial charge in [-0.3, -0.25) is 0 Å². The molecule has 0 spiro atoms. The second-order valence-electron chi connectivity index (χ2n) is 3.97. The minimum absolute atomic E-state index is 0.204. The number of hydrogen-bond acceptors (Lipinski definition) is 2. The molecule has 8 heteroatoms. The van der Waals surface area contributed by atoms with Crippen molar-refractivity contribution in [2.45, 2.75) is 32.6 Å². The molecule has 0 aromatic carbocycles. The van der Waals surface area contributed by atoms with E-state index in [-0.39, 0.29) is 5.57 Å². The van der Waals surface area contributed by atoms with Crippen LogP contribution in [0.4, 0.5) is 26.3 Å². The molecule has 19 heavy (non-hydrogen) atoms. The van der Waals surface area contributed by atoms with E-state index in [1.807, 2.05) is 0 Å². The molecule has 0 unspecified atom stereocenters. The van der Waals surface area contributed by atoms with Crippen LogP contribution in [0.2, 0.25) is 0 Å². The Morgan fingerprint density at radius 3 is 1.63 bits per heavy atom. The van der Waals surface area contributed by atoms with Crippen molar-refractivity contribution in [3.63, 3.8) is 0 Å². The minimum atomic E-state index is -5.76. The van der Waals surface area contributed by atoms with Crippen LogP contribution in [0.25, 0.3) is 0 Å². The molecule has 0 saturated heterocycles. The summed E-state index contributed by atoms with van der Waals surface area (Å²) in [6, 6.07) is 1.61. The Balaban J connectivity index is 6.24. The van der Waals surface area contributed by atoms with Crippen LogP contribution in [0.15, 0.2) is 11.6 Å². The second kappa shape index (κ2) is 5.52. The van der Waals surface area contributed by atoms with Gasteiger partial charge in [0.15, 0.2) is 11.3 Å². The average molecular weight is 284 g/mol. The number of nitriles is 2. The van der Waals surface area contributed by atoms with Gasteiger partial charge in [-0.25, -0.2) is 0 Å². The molecule has 106 valence electrons. The lowest BCUT2D eigenvalue weighted by Crippen LogP contribution is -2.54. The molecule has 0 aromatic heterocycles. The highest BCUT2D eigenvalue weighted by molar-refractivity contribution is 5.19. The summed E-state index contributed by atoms with van der Waals surface area (Å²) in [5, 5.41) is 17.0. The Hall–Kier alpha value is -1.70. The molecule has 0 rings (SSSR count). The highest BCUT2D eigenvalue weighted by atomic mass is 19.4. The van der Waals surface area contributed by atoms with Gasteiger partial charge in [0, 0.05) is 0 Å². The first-order chi connectivity index (χ1) is 8.47. The van der Waals surface area contributed by atoms with Crippen molar-refractivity contribution in [3.05, 3.63) is 11.6 Å². The van der Waals surface area contributed by atoms with Gasteiger partial charge in [-0.05, 0) is 20.3 Å². The van der Waals surface area contributed by atoms with Gasteiger partial charge in [-0.2, -0.15) is 36.9 Å². The van der Waals surface area contributed by atoms with Crippen molar-refractivity contribution in [2.75, 3.05) is 0 Å². The van der Waals surface area contributed by atoms with Crippen LogP contribution in [0, 0.1) is 34.0 Å². The molecule has 0 N–H and O–H groups in total. The molecule has 2 nitrogen and oxygen atoms in total. The summed E-state index contributed by atoms with van der Waals surface area (Å²) < 4.78 is 77.7. The third kappa shape index (κ3) is 3.01. The molecule has 0 bridgehead atoms. The van der Waals surface area contributed by atoms with Gasteiger partial charge < -0.3 is 0 Å². The van der Waals surface area contributed by atoms with Crippen LogP contribution in [0.3, 0.4) is 0 Å². The van der Waals surface area contributed by atoms with Gasteiger partial charge >= 0.3 is 12.4 Å². The fourth-order valence-corrected chi connectivity index (χ4v) is 1.58. The molecular weight excluding hydrogens is 274 g/mol. The lowest BCUT2D eigenvalue weighted by Gasteiger charge is -2.38. The van der Waals surface area contributed by atoms with E-state index in [2.05, 4.69) is 0 Å². The number of rotatable bonds is 3. The molecule has 0 aliphatic heterocycles. The summed E-state index contributed by atoms with van der Waals surface area (Å²) in [7, 11) is 0. The van der Waals surface area contributed by atoms with Gasteiger partial charge in [-0.1, -0.05) is 11.6 Å². The summed E-state index contributed by atoms with van der Waals surface area (Å²) in [5.74, 6) is -2.86. The highest BCUT2D eigenvalue weighted by Gasteiger charge is 2.74. The van der Waals surface area contributed by atoms with Gasteiger partial charge in [0.1, 0.15) is 0 Å². The Kier molecular flexibility index (Phi) is 5.02. The van der Waals surface area contributed by atoms with E-state index in [0.717, 1.165) is 25.1 Å². The largest absolute Gasteiger partial charge is 0.405 e. The second-order valence-corrected chi connectivity index (χ2v) is 3.97. The Labute approximate surface area is 105 Å². The number of halogens is 6. The quantitative estimate of drug-likeness (QED) is 0.578. The molecule has 0 heterocycles. The predicted octanol–water partition coefficient (Wildman–Crippen LogP) is 4.12. The topological polar surface area (TPSA) is 47.6 Å².